The van der Waals surface area contributed by atoms with Crippen molar-refractivity contribution in [3.63, 3.8) is 0 Å². The summed E-state index contributed by atoms with van der Waals surface area (Å²) in [5.74, 6) is 0. The van der Waals surface area contributed by atoms with Crippen molar-refractivity contribution in [3.8, 4) is 16.8 Å². The fraction of sp³-hybridized carbons (Fsp3) is 0.219. The van der Waals surface area contributed by atoms with Crippen molar-refractivity contribution in [2.24, 2.45) is 7.05 Å². The molecule has 177 valence electrons. The van der Waals surface area contributed by atoms with Crippen LogP contribution in [0.25, 0.3) is 27.8 Å². The van der Waals surface area contributed by atoms with Crippen LogP contribution in [0.5, 0.6) is 0 Å². The molecule has 0 saturated carbocycles. The molecule has 0 aliphatic heterocycles. The Morgan fingerprint density at radius 2 is 1.23 bits per heavy atom. The Bertz CT molecular complexity index is 1570. The van der Waals surface area contributed by atoms with E-state index in [2.05, 4.69) is 135 Å². The Hall–Kier alpha value is -3.00. The molecule has 1 aliphatic carbocycles. The van der Waals surface area contributed by atoms with Gasteiger partial charge in [-0.15, -0.1) is 11.6 Å². The van der Waals surface area contributed by atoms with Crippen LogP contribution >= 0.6 is 0 Å². The van der Waals surface area contributed by atoms with Crippen molar-refractivity contribution in [3.05, 3.63) is 120 Å². The zero-order valence-electron chi connectivity index (χ0n) is 20.9. The molecule has 0 fully saturated rings. The number of aryl methyl sites for hydroxylation is 1. The van der Waals surface area contributed by atoms with Gasteiger partial charge in [0.25, 0.3) is 0 Å². The molecule has 35 heavy (non-hydrogen) atoms. The van der Waals surface area contributed by atoms with Gasteiger partial charge in [0, 0.05) is 55.8 Å². The van der Waals surface area contributed by atoms with Crippen LogP contribution in [0.15, 0.2) is 91.3 Å². The van der Waals surface area contributed by atoms with E-state index in [9.17, 15) is 0 Å². The molecule has 0 bridgehead atoms. The normalized spacial score (nSPS) is 15.2. The number of para-hydroxylation sites is 2. The molecule has 3 heteroatoms. The van der Waals surface area contributed by atoms with Crippen molar-refractivity contribution < 1.29 is 20.1 Å². The van der Waals surface area contributed by atoms with Gasteiger partial charge in [-0.25, -0.2) is 9.13 Å². The molecule has 2 nitrogen and oxygen atoms in total. The molecule has 0 spiro atoms. The summed E-state index contributed by atoms with van der Waals surface area (Å²) in [6.45, 7) is 9.43. The summed E-state index contributed by atoms with van der Waals surface area (Å²) in [6, 6.07) is 34.4. The molecule has 5 aromatic rings. The minimum atomic E-state index is -0.0500. The molecule has 0 saturated heterocycles. The molecule has 0 atom stereocenters. The number of rotatable bonds is 2. The van der Waals surface area contributed by atoms with Crippen LogP contribution in [0.3, 0.4) is 0 Å². The predicted octanol–water partition coefficient (Wildman–Crippen LogP) is 7.68. The van der Waals surface area contributed by atoms with Crippen LogP contribution in [0, 0.1) is 6.07 Å². The average molecular weight is 635 g/mol. The monoisotopic (exact) mass is 635 g/mol. The minimum Gasteiger partial charge on any atom is -0.248 e. The molecular weight excluding hydrogens is 605 g/mol. The largest absolute Gasteiger partial charge is 0.248 e. The SMILES string of the molecule is Cn1[cH+]n(-c2[c-]ccc(-c3ccc4c(c3)C(C)(C)c3ccccc3C4(C)C)c2)c2ccccc21.[Ir]. The maximum Gasteiger partial charge on any atom is 0.188 e. The maximum atomic E-state index is 3.45. The van der Waals surface area contributed by atoms with Crippen LogP contribution < -0.4 is 0 Å². The van der Waals surface area contributed by atoms with Crippen LogP contribution in [-0.2, 0) is 38.0 Å². The average Bonchev–Trinajstić information content (AvgIpc) is 3.20. The fourth-order valence-electron chi connectivity index (χ4n) is 5.88. The molecule has 0 amide bonds. The van der Waals surface area contributed by atoms with E-state index < -0.39 is 0 Å². The molecule has 4 aromatic carbocycles. The van der Waals surface area contributed by atoms with Crippen molar-refractivity contribution in [1.82, 2.24) is 9.13 Å². The summed E-state index contributed by atoms with van der Waals surface area (Å²) >= 11 is 0. The van der Waals surface area contributed by atoms with Gasteiger partial charge in [0.2, 0.25) is 0 Å². The summed E-state index contributed by atoms with van der Waals surface area (Å²) in [5, 5.41) is 0. The van der Waals surface area contributed by atoms with E-state index in [0.717, 1.165) is 5.69 Å². The second-order valence-corrected chi connectivity index (χ2v) is 10.6. The first kappa shape index (κ1) is 23.7. The Morgan fingerprint density at radius 3 is 1.94 bits per heavy atom. The van der Waals surface area contributed by atoms with Gasteiger partial charge in [0.1, 0.15) is 0 Å². The van der Waals surface area contributed by atoms with Crippen LogP contribution in [0.1, 0.15) is 49.9 Å². The minimum absolute atomic E-state index is 0. The van der Waals surface area contributed by atoms with Gasteiger partial charge in [0.15, 0.2) is 17.4 Å². The summed E-state index contributed by atoms with van der Waals surface area (Å²) in [4.78, 5) is 0. The second-order valence-electron chi connectivity index (χ2n) is 10.6. The van der Waals surface area contributed by atoms with Crippen molar-refractivity contribution in [2.75, 3.05) is 0 Å². The van der Waals surface area contributed by atoms with Gasteiger partial charge in [-0.3, -0.25) is 0 Å². The molecule has 1 radical (unpaired) electrons. The Kier molecular flexibility index (Phi) is 5.62. The van der Waals surface area contributed by atoms with Gasteiger partial charge in [-0.1, -0.05) is 76.2 Å². The molecule has 1 aliphatic rings. The predicted molar refractivity (Wildman–Crippen MR) is 142 cm³/mol. The van der Waals surface area contributed by atoms with E-state index in [1.54, 1.807) is 0 Å². The number of nitrogens with zero attached hydrogens (tertiary/aromatic N) is 2. The summed E-state index contributed by atoms with van der Waals surface area (Å²) in [5.41, 5.74) is 11.5. The van der Waals surface area contributed by atoms with E-state index >= 15 is 0 Å². The summed E-state index contributed by atoms with van der Waals surface area (Å²) in [7, 11) is 2.09. The van der Waals surface area contributed by atoms with E-state index in [4.69, 9.17) is 0 Å². The number of fused-ring (bicyclic) bond motifs is 3. The quantitative estimate of drug-likeness (QED) is 0.176. The van der Waals surface area contributed by atoms with Crippen molar-refractivity contribution in [1.29, 1.82) is 0 Å². The molecule has 6 rings (SSSR count). The first-order chi connectivity index (χ1) is 16.3. The van der Waals surface area contributed by atoms with E-state index in [0.29, 0.717) is 0 Å². The Morgan fingerprint density at radius 1 is 0.657 bits per heavy atom. The van der Waals surface area contributed by atoms with Gasteiger partial charge in [-0.05, 0) is 39.9 Å². The topological polar surface area (TPSA) is 9.86 Å². The summed E-state index contributed by atoms with van der Waals surface area (Å²) < 4.78 is 4.39. The number of benzene rings is 4. The van der Waals surface area contributed by atoms with Crippen LogP contribution in [0.4, 0.5) is 0 Å². The van der Waals surface area contributed by atoms with Gasteiger partial charge in [-0.2, -0.15) is 12.1 Å². The van der Waals surface area contributed by atoms with Gasteiger partial charge in [0.05, 0.1) is 0 Å². The Labute approximate surface area is 221 Å². The third-order valence-electron chi connectivity index (χ3n) is 7.83. The molecule has 1 heterocycles. The zero-order chi connectivity index (χ0) is 23.7. The molecule has 1 aromatic heterocycles. The number of imidazole rings is 1. The number of hydrogen-bond donors (Lipinski definition) is 0. The third kappa shape index (κ3) is 3.52. The standard InChI is InChI=1S/C32H30N2.Ir/c1-31(2)25-13-6-7-14-26(25)32(3,4)28-20-23(17-18-27(28)31)22-11-10-12-24(19-22)34-21-33(5)29-15-8-9-16-30(29)34;/h6-11,13-21H,1-5H3;. The maximum absolute atomic E-state index is 3.45. The smallest absolute Gasteiger partial charge is 0.188 e. The van der Waals surface area contributed by atoms with Gasteiger partial charge >= 0.3 is 0 Å². The van der Waals surface area contributed by atoms with Gasteiger partial charge < -0.3 is 0 Å². The van der Waals surface area contributed by atoms with E-state index in [-0.39, 0.29) is 30.9 Å². The first-order valence-electron chi connectivity index (χ1n) is 12.0. The Balaban J connectivity index is 0.00000253. The number of aromatic nitrogens is 2. The number of hydrogen-bond acceptors (Lipinski definition) is 0. The molecular formula is C32H30IrN2. The second kappa shape index (κ2) is 8.29. The molecule has 0 N–H and O–H groups in total. The van der Waals surface area contributed by atoms with Crippen molar-refractivity contribution in [2.45, 2.75) is 38.5 Å². The van der Waals surface area contributed by atoms with Crippen LogP contribution in [-0.4, -0.2) is 9.13 Å². The fourth-order valence-corrected chi connectivity index (χ4v) is 5.88. The summed E-state index contributed by atoms with van der Waals surface area (Å²) in [6.07, 6.45) is 2.13. The van der Waals surface area contributed by atoms with Crippen molar-refractivity contribution >= 4 is 11.0 Å². The van der Waals surface area contributed by atoms with E-state index in [1.165, 1.54) is 44.4 Å². The zero-order valence-corrected chi connectivity index (χ0v) is 23.3. The van der Waals surface area contributed by atoms with E-state index in [1.807, 2.05) is 6.07 Å². The molecule has 0 unspecified atom stereocenters. The van der Waals surface area contributed by atoms with Crippen LogP contribution in [0.2, 0.25) is 0 Å². The first-order valence-corrected chi connectivity index (χ1v) is 12.0. The third-order valence-corrected chi connectivity index (χ3v) is 7.83.